The zero-order chi connectivity index (χ0) is 23.6. The van der Waals surface area contributed by atoms with Crippen LogP contribution >= 0.6 is 11.6 Å². The van der Waals surface area contributed by atoms with Crippen molar-refractivity contribution >= 4 is 46.2 Å². The third-order valence-electron chi connectivity index (χ3n) is 7.70. The van der Waals surface area contributed by atoms with E-state index in [2.05, 4.69) is 4.90 Å². The summed E-state index contributed by atoms with van der Waals surface area (Å²) >= 11 is 6.33. The first kappa shape index (κ1) is 21.2. The minimum absolute atomic E-state index is 0.0950. The van der Waals surface area contributed by atoms with Gasteiger partial charge in [0.05, 0.1) is 33.2 Å². The van der Waals surface area contributed by atoms with Gasteiger partial charge >= 0.3 is 0 Å². The van der Waals surface area contributed by atoms with Crippen LogP contribution in [0.2, 0.25) is 5.02 Å². The first-order valence-electron chi connectivity index (χ1n) is 11.5. The number of carbonyl (C=O) groups is 2. The number of benzene rings is 2. The van der Waals surface area contributed by atoms with Gasteiger partial charge in [0, 0.05) is 32.2 Å². The second-order valence-corrected chi connectivity index (χ2v) is 9.77. The highest BCUT2D eigenvalue weighted by Gasteiger charge is 2.59. The van der Waals surface area contributed by atoms with Crippen LogP contribution in [0.1, 0.15) is 6.42 Å². The third-order valence-corrected chi connectivity index (χ3v) is 8.02. The molecule has 2 amide bonds. The fourth-order valence-corrected chi connectivity index (χ4v) is 6.37. The Balaban J connectivity index is 1.25. The number of hydrogen-bond acceptors (Lipinski definition) is 6. The van der Waals surface area contributed by atoms with Crippen molar-refractivity contribution in [3.63, 3.8) is 0 Å². The van der Waals surface area contributed by atoms with Crippen LogP contribution in [-0.2, 0) is 9.59 Å². The number of rotatable bonds is 4. The number of piperazine rings is 1. The van der Waals surface area contributed by atoms with Gasteiger partial charge in [0.2, 0.25) is 11.8 Å². The summed E-state index contributed by atoms with van der Waals surface area (Å²) in [5.74, 6) is -0.942. The average molecular weight is 479 g/mol. The first-order chi connectivity index (χ1) is 16.4. The van der Waals surface area contributed by atoms with E-state index in [-0.39, 0.29) is 46.9 Å². The van der Waals surface area contributed by atoms with Crippen molar-refractivity contribution in [3.8, 4) is 0 Å². The SMILES string of the molecule is O=C1C2C3C=CC(C3)C2C(=O)N1c1ccc(N2CCN(c3ccccc3Cl)CC2)c([N+](=O)[O-])c1. The second kappa shape index (κ2) is 7.84. The summed E-state index contributed by atoms with van der Waals surface area (Å²) in [6.45, 7) is 2.52. The Morgan fingerprint density at radius 2 is 1.44 bits per heavy atom. The summed E-state index contributed by atoms with van der Waals surface area (Å²) < 4.78 is 0. The van der Waals surface area contributed by atoms with E-state index in [0.29, 0.717) is 36.9 Å². The molecule has 4 unspecified atom stereocenters. The highest BCUT2D eigenvalue weighted by atomic mass is 35.5. The fraction of sp³-hybridized carbons (Fsp3) is 0.360. The van der Waals surface area contributed by atoms with E-state index in [0.717, 1.165) is 12.1 Å². The molecular formula is C25H23ClN4O4. The second-order valence-electron chi connectivity index (χ2n) is 9.37. The van der Waals surface area contributed by atoms with Gasteiger partial charge in [-0.2, -0.15) is 0 Å². The summed E-state index contributed by atoms with van der Waals surface area (Å²) in [6.07, 6.45) is 4.92. The number of nitro groups is 1. The highest BCUT2D eigenvalue weighted by Crippen LogP contribution is 2.53. The molecule has 2 bridgehead atoms. The van der Waals surface area contributed by atoms with E-state index < -0.39 is 4.92 Å². The van der Waals surface area contributed by atoms with Crippen molar-refractivity contribution in [2.75, 3.05) is 40.9 Å². The molecule has 2 aliphatic heterocycles. The first-order valence-corrected chi connectivity index (χ1v) is 11.9. The number of imide groups is 1. The third kappa shape index (κ3) is 3.12. The molecule has 9 heteroatoms. The van der Waals surface area contributed by atoms with E-state index in [1.54, 1.807) is 12.1 Å². The molecule has 1 saturated carbocycles. The van der Waals surface area contributed by atoms with Crippen molar-refractivity contribution in [1.29, 1.82) is 0 Å². The fourth-order valence-electron chi connectivity index (χ4n) is 6.12. The van der Waals surface area contributed by atoms with Gasteiger partial charge in [-0.25, -0.2) is 4.90 Å². The molecule has 6 rings (SSSR count). The Hall–Kier alpha value is -3.39. The van der Waals surface area contributed by atoms with Gasteiger partial charge in [-0.1, -0.05) is 35.9 Å². The Bertz CT molecular complexity index is 1210. The Morgan fingerprint density at radius 3 is 2.03 bits per heavy atom. The predicted octanol–water partition coefficient (Wildman–Crippen LogP) is 3.89. The molecule has 0 radical (unpaired) electrons. The van der Waals surface area contributed by atoms with Crippen LogP contribution in [0.15, 0.2) is 54.6 Å². The van der Waals surface area contributed by atoms with E-state index in [4.69, 9.17) is 11.6 Å². The molecule has 2 saturated heterocycles. The molecule has 4 aliphatic rings. The maximum absolute atomic E-state index is 13.1. The largest absolute Gasteiger partial charge is 0.367 e. The molecule has 3 fully saturated rings. The van der Waals surface area contributed by atoms with Gasteiger partial charge in [-0.3, -0.25) is 19.7 Å². The molecule has 0 N–H and O–H groups in total. The zero-order valence-corrected chi connectivity index (χ0v) is 19.1. The molecule has 2 heterocycles. The van der Waals surface area contributed by atoms with Crippen molar-refractivity contribution in [3.05, 3.63) is 69.8 Å². The Morgan fingerprint density at radius 1 is 0.853 bits per heavy atom. The molecule has 2 aromatic rings. The van der Waals surface area contributed by atoms with Crippen LogP contribution in [0.4, 0.5) is 22.7 Å². The van der Waals surface area contributed by atoms with E-state index >= 15 is 0 Å². The van der Waals surface area contributed by atoms with Crippen LogP contribution in [0.5, 0.6) is 0 Å². The molecule has 2 aliphatic carbocycles. The summed E-state index contributed by atoms with van der Waals surface area (Å²) in [6, 6.07) is 12.3. The molecule has 2 aromatic carbocycles. The normalized spacial score (nSPS) is 27.6. The van der Waals surface area contributed by atoms with Crippen molar-refractivity contribution in [1.82, 2.24) is 0 Å². The Kier molecular flexibility index (Phi) is 4.88. The number of amides is 2. The minimum Gasteiger partial charge on any atom is -0.367 e. The molecule has 174 valence electrons. The van der Waals surface area contributed by atoms with E-state index in [9.17, 15) is 19.7 Å². The van der Waals surface area contributed by atoms with Crippen LogP contribution in [0, 0.1) is 33.8 Å². The van der Waals surface area contributed by atoms with Crippen LogP contribution < -0.4 is 14.7 Å². The Labute approximate surface area is 201 Å². The van der Waals surface area contributed by atoms with E-state index in [1.807, 2.05) is 41.3 Å². The van der Waals surface area contributed by atoms with Gasteiger partial charge in [-0.05, 0) is 42.5 Å². The predicted molar refractivity (Wildman–Crippen MR) is 129 cm³/mol. The minimum atomic E-state index is -0.434. The summed E-state index contributed by atoms with van der Waals surface area (Å²) in [7, 11) is 0. The van der Waals surface area contributed by atoms with Gasteiger partial charge < -0.3 is 9.80 Å². The number of allylic oxidation sites excluding steroid dienone is 2. The smallest absolute Gasteiger partial charge is 0.294 e. The van der Waals surface area contributed by atoms with Crippen molar-refractivity contribution in [2.24, 2.45) is 23.7 Å². The number of nitrogens with zero attached hydrogens (tertiary/aromatic N) is 4. The molecule has 0 aromatic heterocycles. The summed E-state index contributed by atoms with van der Waals surface area (Å²) in [4.78, 5) is 43.1. The molecular weight excluding hydrogens is 456 g/mol. The number of hydrogen-bond donors (Lipinski definition) is 0. The van der Waals surface area contributed by atoms with Crippen LogP contribution in [0.25, 0.3) is 0 Å². The molecule has 0 spiro atoms. The number of fused-ring (bicyclic) bond motifs is 5. The monoisotopic (exact) mass is 478 g/mol. The number of halogens is 1. The number of para-hydroxylation sites is 1. The van der Waals surface area contributed by atoms with Gasteiger partial charge in [0.25, 0.3) is 5.69 Å². The molecule has 34 heavy (non-hydrogen) atoms. The molecule has 8 nitrogen and oxygen atoms in total. The highest BCUT2D eigenvalue weighted by molar-refractivity contribution is 6.33. The van der Waals surface area contributed by atoms with E-state index in [1.165, 1.54) is 11.0 Å². The number of nitro benzene ring substituents is 1. The van der Waals surface area contributed by atoms with Crippen LogP contribution in [0.3, 0.4) is 0 Å². The average Bonchev–Trinajstić information content (AvgIpc) is 3.53. The van der Waals surface area contributed by atoms with Gasteiger partial charge in [-0.15, -0.1) is 0 Å². The lowest BCUT2D eigenvalue weighted by molar-refractivity contribution is -0.384. The lowest BCUT2D eigenvalue weighted by Gasteiger charge is -2.37. The number of carbonyl (C=O) groups excluding carboxylic acids is 2. The lowest BCUT2D eigenvalue weighted by atomic mass is 9.85. The van der Waals surface area contributed by atoms with Gasteiger partial charge in [0.1, 0.15) is 5.69 Å². The standard InChI is InChI=1S/C25H23ClN4O4/c26-18-3-1-2-4-19(18)27-9-11-28(12-10-27)20-8-7-17(14-21(20)30(33)34)29-24(31)22-15-5-6-16(13-15)23(22)25(29)32/h1-8,14-16,22-23H,9-13H2. The maximum Gasteiger partial charge on any atom is 0.294 e. The maximum atomic E-state index is 13.1. The summed E-state index contributed by atoms with van der Waals surface area (Å²) in [5, 5.41) is 12.7. The van der Waals surface area contributed by atoms with Gasteiger partial charge in [0.15, 0.2) is 0 Å². The lowest BCUT2D eigenvalue weighted by Crippen LogP contribution is -2.46. The van der Waals surface area contributed by atoms with Crippen molar-refractivity contribution in [2.45, 2.75) is 6.42 Å². The zero-order valence-electron chi connectivity index (χ0n) is 18.3. The van der Waals surface area contributed by atoms with Crippen molar-refractivity contribution < 1.29 is 14.5 Å². The number of anilines is 3. The molecule has 4 atom stereocenters. The topological polar surface area (TPSA) is 87.0 Å². The van der Waals surface area contributed by atoms with Crippen LogP contribution in [-0.4, -0.2) is 42.9 Å². The summed E-state index contributed by atoms with van der Waals surface area (Å²) in [5.41, 5.74) is 1.64. The quantitative estimate of drug-likeness (QED) is 0.287.